The number of aromatic amines is 1. The quantitative estimate of drug-likeness (QED) is 0.752. The normalized spacial score (nSPS) is 22.2. The second-order valence-electron chi connectivity index (χ2n) is 4.41. The fraction of sp³-hybridized carbons (Fsp3) is 0.800. The molecule has 0 amide bonds. The molecular weight excluding hydrogens is 192 g/mol. The van der Waals surface area contributed by atoms with Crippen molar-refractivity contribution in [2.24, 2.45) is 0 Å². The Labute approximate surface area is 88.9 Å². The maximum absolute atomic E-state index is 11.7. The third-order valence-corrected chi connectivity index (χ3v) is 2.82. The molecule has 2 heterocycles. The van der Waals surface area contributed by atoms with Crippen LogP contribution in [0.1, 0.15) is 44.5 Å². The van der Waals surface area contributed by atoms with E-state index in [0.29, 0.717) is 0 Å². The minimum Gasteiger partial charge on any atom is -0.315 e. The van der Waals surface area contributed by atoms with Crippen molar-refractivity contribution in [2.45, 2.75) is 38.6 Å². The van der Waals surface area contributed by atoms with E-state index in [0.717, 1.165) is 31.8 Å². The molecule has 0 aliphatic carbocycles. The zero-order valence-electron chi connectivity index (χ0n) is 9.29. The molecule has 1 saturated heterocycles. The first-order valence-electron chi connectivity index (χ1n) is 5.58. The van der Waals surface area contributed by atoms with Gasteiger partial charge in [-0.1, -0.05) is 13.8 Å². The Kier molecular flexibility index (Phi) is 2.90. The Bertz CT molecular complexity index is 373. The summed E-state index contributed by atoms with van der Waals surface area (Å²) in [5.41, 5.74) is -0.0765. The van der Waals surface area contributed by atoms with Crippen molar-refractivity contribution in [3.8, 4) is 0 Å². The Hall–Kier alpha value is -1.10. The lowest BCUT2D eigenvalue weighted by molar-refractivity contribution is 0.337. The molecular formula is C10H18N4O. The van der Waals surface area contributed by atoms with Crippen LogP contribution in [-0.4, -0.2) is 27.9 Å². The van der Waals surface area contributed by atoms with Gasteiger partial charge < -0.3 is 5.32 Å². The second kappa shape index (κ2) is 4.18. The van der Waals surface area contributed by atoms with Crippen LogP contribution in [0.15, 0.2) is 4.79 Å². The lowest BCUT2D eigenvalue weighted by Gasteiger charge is -2.21. The number of hydrogen-bond donors (Lipinski definition) is 2. The molecule has 1 aliphatic rings. The SMILES string of the molecule is CC(C)c1nn(C2CCCNC2)c(=O)[nH]1. The van der Waals surface area contributed by atoms with Crippen molar-refractivity contribution in [1.82, 2.24) is 20.1 Å². The number of rotatable bonds is 2. The van der Waals surface area contributed by atoms with Gasteiger partial charge in [0, 0.05) is 12.5 Å². The van der Waals surface area contributed by atoms with E-state index in [1.165, 1.54) is 0 Å². The lowest BCUT2D eigenvalue weighted by Crippen LogP contribution is -2.36. The molecule has 15 heavy (non-hydrogen) atoms. The fourth-order valence-corrected chi connectivity index (χ4v) is 1.90. The van der Waals surface area contributed by atoms with E-state index in [1.54, 1.807) is 4.68 Å². The molecule has 1 aliphatic heterocycles. The molecule has 5 nitrogen and oxygen atoms in total. The highest BCUT2D eigenvalue weighted by Gasteiger charge is 2.19. The summed E-state index contributed by atoms with van der Waals surface area (Å²) in [5.74, 6) is 1.06. The first-order valence-corrected chi connectivity index (χ1v) is 5.58. The van der Waals surface area contributed by atoms with Gasteiger partial charge in [-0.2, -0.15) is 5.10 Å². The predicted octanol–water partition coefficient (Wildman–Crippen LogP) is 0.619. The summed E-state index contributed by atoms with van der Waals surface area (Å²) in [6.07, 6.45) is 2.15. The van der Waals surface area contributed by atoms with Crippen LogP contribution in [0.2, 0.25) is 0 Å². The molecule has 0 spiro atoms. The van der Waals surface area contributed by atoms with Crippen LogP contribution in [0.4, 0.5) is 0 Å². The van der Waals surface area contributed by atoms with E-state index in [-0.39, 0.29) is 17.6 Å². The minimum atomic E-state index is -0.0765. The number of aromatic nitrogens is 3. The zero-order chi connectivity index (χ0) is 10.8. The smallest absolute Gasteiger partial charge is 0.315 e. The molecule has 5 heteroatoms. The molecule has 0 aromatic carbocycles. The number of nitrogens with one attached hydrogen (secondary N) is 2. The van der Waals surface area contributed by atoms with Crippen LogP contribution >= 0.6 is 0 Å². The maximum atomic E-state index is 11.7. The van der Waals surface area contributed by atoms with Crippen molar-refractivity contribution < 1.29 is 0 Å². The van der Waals surface area contributed by atoms with Gasteiger partial charge in [0.05, 0.1) is 6.04 Å². The average Bonchev–Trinajstić information content (AvgIpc) is 2.62. The highest BCUT2D eigenvalue weighted by molar-refractivity contribution is 4.91. The molecule has 1 aromatic rings. The van der Waals surface area contributed by atoms with Crippen LogP contribution < -0.4 is 11.0 Å². The molecule has 2 N–H and O–H groups in total. The Morgan fingerprint density at radius 1 is 1.53 bits per heavy atom. The van der Waals surface area contributed by atoms with Crippen LogP contribution in [0.5, 0.6) is 0 Å². The first-order chi connectivity index (χ1) is 7.18. The van der Waals surface area contributed by atoms with Crippen molar-refractivity contribution in [3.63, 3.8) is 0 Å². The van der Waals surface area contributed by atoms with Crippen LogP contribution in [-0.2, 0) is 0 Å². The molecule has 1 fully saturated rings. The third-order valence-electron chi connectivity index (χ3n) is 2.82. The van der Waals surface area contributed by atoms with Gasteiger partial charge in [-0.15, -0.1) is 0 Å². The van der Waals surface area contributed by atoms with Crippen molar-refractivity contribution >= 4 is 0 Å². The third kappa shape index (κ3) is 2.12. The zero-order valence-corrected chi connectivity index (χ0v) is 9.29. The maximum Gasteiger partial charge on any atom is 0.343 e. The van der Waals surface area contributed by atoms with E-state index in [9.17, 15) is 4.79 Å². The summed E-state index contributed by atoms with van der Waals surface area (Å²) >= 11 is 0. The molecule has 84 valence electrons. The van der Waals surface area contributed by atoms with Gasteiger partial charge in [0.1, 0.15) is 5.82 Å². The van der Waals surface area contributed by atoms with Crippen molar-refractivity contribution in [3.05, 3.63) is 16.3 Å². The van der Waals surface area contributed by atoms with E-state index >= 15 is 0 Å². The molecule has 2 rings (SSSR count). The van der Waals surface area contributed by atoms with Crippen molar-refractivity contribution in [1.29, 1.82) is 0 Å². The predicted molar refractivity (Wildman–Crippen MR) is 58.1 cm³/mol. The van der Waals surface area contributed by atoms with Crippen LogP contribution in [0.3, 0.4) is 0 Å². The van der Waals surface area contributed by atoms with Crippen LogP contribution in [0, 0.1) is 0 Å². The molecule has 1 atom stereocenters. The highest BCUT2D eigenvalue weighted by Crippen LogP contribution is 2.14. The first kappa shape index (κ1) is 10.4. The van der Waals surface area contributed by atoms with Crippen molar-refractivity contribution in [2.75, 3.05) is 13.1 Å². The van der Waals surface area contributed by atoms with Gasteiger partial charge in [-0.3, -0.25) is 4.98 Å². The standard InChI is InChI=1S/C10H18N4O/c1-7(2)9-12-10(15)14(13-9)8-4-3-5-11-6-8/h7-8,11H,3-6H2,1-2H3,(H,12,13,15). The van der Waals surface area contributed by atoms with E-state index in [2.05, 4.69) is 15.4 Å². The van der Waals surface area contributed by atoms with Gasteiger partial charge in [0.2, 0.25) is 0 Å². The summed E-state index contributed by atoms with van der Waals surface area (Å²) in [6, 6.07) is 0.218. The highest BCUT2D eigenvalue weighted by atomic mass is 16.2. The minimum absolute atomic E-state index is 0.0765. The summed E-state index contributed by atoms with van der Waals surface area (Å²) in [5, 5.41) is 7.63. The summed E-state index contributed by atoms with van der Waals surface area (Å²) in [6.45, 7) is 5.96. The summed E-state index contributed by atoms with van der Waals surface area (Å²) in [7, 11) is 0. The van der Waals surface area contributed by atoms with E-state index < -0.39 is 0 Å². The molecule has 0 bridgehead atoms. The molecule has 0 radical (unpaired) electrons. The monoisotopic (exact) mass is 210 g/mol. The summed E-state index contributed by atoms with van der Waals surface area (Å²) < 4.78 is 1.60. The second-order valence-corrected chi connectivity index (χ2v) is 4.41. The largest absolute Gasteiger partial charge is 0.343 e. The average molecular weight is 210 g/mol. The van der Waals surface area contributed by atoms with Gasteiger partial charge in [-0.05, 0) is 19.4 Å². The molecule has 0 saturated carbocycles. The fourth-order valence-electron chi connectivity index (χ4n) is 1.90. The van der Waals surface area contributed by atoms with Crippen LogP contribution in [0.25, 0.3) is 0 Å². The van der Waals surface area contributed by atoms with Gasteiger partial charge in [0.25, 0.3) is 0 Å². The van der Waals surface area contributed by atoms with E-state index in [1.807, 2.05) is 13.8 Å². The van der Waals surface area contributed by atoms with E-state index in [4.69, 9.17) is 0 Å². The number of hydrogen-bond acceptors (Lipinski definition) is 3. The number of H-pyrrole nitrogens is 1. The van der Waals surface area contributed by atoms with Gasteiger partial charge in [-0.25, -0.2) is 9.48 Å². The Morgan fingerprint density at radius 3 is 2.87 bits per heavy atom. The number of piperidine rings is 1. The Morgan fingerprint density at radius 2 is 2.33 bits per heavy atom. The Balaban J connectivity index is 2.23. The number of nitrogens with zero attached hydrogens (tertiary/aromatic N) is 2. The van der Waals surface area contributed by atoms with Gasteiger partial charge in [0.15, 0.2) is 0 Å². The summed E-state index contributed by atoms with van der Waals surface area (Å²) in [4.78, 5) is 14.5. The van der Waals surface area contributed by atoms with Gasteiger partial charge >= 0.3 is 5.69 Å². The lowest BCUT2D eigenvalue weighted by atomic mass is 10.1. The molecule has 1 aromatic heterocycles. The topological polar surface area (TPSA) is 62.7 Å². The molecule has 1 unspecified atom stereocenters.